The Kier molecular flexibility index (Phi) is 4.28. The van der Waals surface area contributed by atoms with Crippen molar-refractivity contribution in [1.82, 2.24) is 0 Å². The van der Waals surface area contributed by atoms with Crippen molar-refractivity contribution in [2.45, 2.75) is 25.8 Å². The predicted molar refractivity (Wildman–Crippen MR) is 41.6 cm³/mol. The van der Waals surface area contributed by atoms with Crippen LogP contribution in [-0.4, -0.2) is 28.2 Å². The molecule has 0 aromatic carbocycles. The van der Waals surface area contributed by atoms with Gasteiger partial charge in [0.2, 0.25) is 0 Å². The molecule has 0 aromatic rings. The lowest BCUT2D eigenvalue weighted by molar-refractivity contribution is -0.143. The second-order valence-electron chi connectivity index (χ2n) is 2.62. The van der Waals surface area contributed by atoms with Crippen LogP contribution in [0.4, 0.5) is 0 Å². The van der Waals surface area contributed by atoms with Gasteiger partial charge in [0.25, 0.3) is 0 Å². The summed E-state index contributed by atoms with van der Waals surface area (Å²) in [5, 5.41) is 16.9. The van der Waals surface area contributed by atoms with E-state index in [1.54, 1.807) is 6.92 Å². The smallest absolute Gasteiger partial charge is 0.320 e. The molecule has 1 unspecified atom stereocenters. The van der Waals surface area contributed by atoms with E-state index in [9.17, 15) is 9.59 Å². The molecule has 2 atom stereocenters. The minimum atomic E-state index is -1.16. The van der Waals surface area contributed by atoms with Crippen LogP contribution >= 0.6 is 0 Å². The molecule has 0 radical (unpaired) electrons. The summed E-state index contributed by atoms with van der Waals surface area (Å²) in [6.07, 6.45) is 0.386. The van der Waals surface area contributed by atoms with Crippen LogP contribution in [0.5, 0.6) is 0 Å². The molecule has 0 heterocycles. The van der Waals surface area contributed by atoms with Crippen molar-refractivity contribution < 1.29 is 19.8 Å². The molecule has 4 N–H and O–H groups in total. The van der Waals surface area contributed by atoms with Gasteiger partial charge < -0.3 is 15.9 Å². The average Bonchev–Trinajstić information content (AvgIpc) is 1.98. The van der Waals surface area contributed by atoms with E-state index in [2.05, 4.69) is 0 Å². The van der Waals surface area contributed by atoms with E-state index in [1.807, 2.05) is 0 Å². The van der Waals surface area contributed by atoms with Gasteiger partial charge in [-0.15, -0.1) is 0 Å². The van der Waals surface area contributed by atoms with Crippen molar-refractivity contribution in [3.8, 4) is 0 Å². The number of nitrogens with two attached hydrogens (primary N) is 1. The fraction of sp³-hybridized carbons (Fsp3) is 0.714. The zero-order chi connectivity index (χ0) is 9.72. The highest BCUT2D eigenvalue weighted by atomic mass is 16.4. The van der Waals surface area contributed by atoms with E-state index in [1.165, 1.54) is 0 Å². The molecular formula is C7H13NO4. The van der Waals surface area contributed by atoms with Gasteiger partial charge in [0.05, 0.1) is 5.92 Å². The molecule has 0 aromatic heterocycles. The van der Waals surface area contributed by atoms with E-state index < -0.39 is 23.9 Å². The lowest BCUT2D eigenvalue weighted by atomic mass is 9.98. The normalized spacial score (nSPS) is 15.2. The summed E-state index contributed by atoms with van der Waals surface area (Å²) < 4.78 is 0. The van der Waals surface area contributed by atoms with Crippen LogP contribution in [0.25, 0.3) is 0 Å². The van der Waals surface area contributed by atoms with Crippen LogP contribution in [0.1, 0.15) is 19.8 Å². The number of hydrogen-bond acceptors (Lipinski definition) is 3. The highest BCUT2D eigenvalue weighted by molar-refractivity contribution is 5.75. The van der Waals surface area contributed by atoms with Gasteiger partial charge in [-0.25, -0.2) is 0 Å². The minimum Gasteiger partial charge on any atom is -0.481 e. The zero-order valence-corrected chi connectivity index (χ0v) is 6.86. The molecular weight excluding hydrogens is 162 g/mol. The lowest BCUT2D eigenvalue weighted by Gasteiger charge is -2.11. The summed E-state index contributed by atoms with van der Waals surface area (Å²) in [6, 6.07) is -1.08. The van der Waals surface area contributed by atoms with Crippen molar-refractivity contribution in [2.24, 2.45) is 11.7 Å². The molecule has 0 bridgehead atoms. The summed E-state index contributed by atoms with van der Waals surface area (Å²) in [5.41, 5.74) is 5.17. The Morgan fingerprint density at radius 2 is 1.83 bits per heavy atom. The van der Waals surface area contributed by atoms with Crippen molar-refractivity contribution in [2.75, 3.05) is 0 Å². The molecule has 0 spiro atoms. The van der Waals surface area contributed by atoms with Crippen LogP contribution < -0.4 is 5.73 Å². The summed E-state index contributed by atoms with van der Waals surface area (Å²) in [7, 11) is 0. The van der Waals surface area contributed by atoms with Crippen molar-refractivity contribution in [1.29, 1.82) is 0 Å². The van der Waals surface area contributed by atoms with Gasteiger partial charge in [-0.3, -0.25) is 9.59 Å². The first-order valence-corrected chi connectivity index (χ1v) is 3.70. The van der Waals surface area contributed by atoms with Gasteiger partial charge in [-0.1, -0.05) is 6.92 Å². The topological polar surface area (TPSA) is 101 Å². The lowest BCUT2D eigenvalue weighted by Crippen LogP contribution is -2.34. The standard InChI is InChI=1S/C7H13NO4/c1-2-4(6(9)10)3-5(8)7(11)12/h4-5H,2-3,8H2,1H3,(H,9,10)(H,11,12)/t4-,5?/m1/s1. The third-order valence-corrected chi connectivity index (χ3v) is 1.70. The van der Waals surface area contributed by atoms with Gasteiger partial charge in [-0.2, -0.15) is 0 Å². The van der Waals surface area contributed by atoms with E-state index in [0.717, 1.165) is 0 Å². The molecule has 0 fully saturated rings. The Morgan fingerprint density at radius 3 is 2.08 bits per heavy atom. The second kappa shape index (κ2) is 4.71. The summed E-state index contributed by atoms with van der Waals surface area (Å²) in [5.74, 6) is -2.81. The van der Waals surface area contributed by atoms with Gasteiger partial charge in [0, 0.05) is 0 Å². The van der Waals surface area contributed by atoms with E-state index in [4.69, 9.17) is 15.9 Å². The first-order valence-electron chi connectivity index (χ1n) is 3.70. The Bertz CT molecular complexity index is 180. The van der Waals surface area contributed by atoms with E-state index >= 15 is 0 Å². The average molecular weight is 175 g/mol. The van der Waals surface area contributed by atoms with Crippen molar-refractivity contribution in [3.05, 3.63) is 0 Å². The highest BCUT2D eigenvalue weighted by Gasteiger charge is 2.22. The van der Waals surface area contributed by atoms with Crippen molar-refractivity contribution in [3.63, 3.8) is 0 Å². The minimum absolute atomic E-state index is 0.0127. The summed E-state index contributed by atoms with van der Waals surface area (Å²) in [4.78, 5) is 20.7. The maximum atomic E-state index is 10.4. The third-order valence-electron chi connectivity index (χ3n) is 1.70. The first kappa shape index (κ1) is 10.9. The molecule has 0 rings (SSSR count). The molecule has 0 aliphatic rings. The molecule has 0 saturated heterocycles. The molecule has 5 nitrogen and oxygen atoms in total. The largest absolute Gasteiger partial charge is 0.481 e. The zero-order valence-electron chi connectivity index (χ0n) is 6.86. The van der Waals surface area contributed by atoms with Crippen LogP contribution in [0, 0.1) is 5.92 Å². The summed E-state index contributed by atoms with van der Waals surface area (Å²) >= 11 is 0. The second-order valence-corrected chi connectivity index (χ2v) is 2.62. The molecule has 5 heteroatoms. The van der Waals surface area contributed by atoms with Gasteiger partial charge in [0.15, 0.2) is 0 Å². The molecule has 0 aliphatic heterocycles. The number of carboxylic acids is 2. The first-order chi connectivity index (χ1) is 5.49. The predicted octanol–water partition coefficient (Wildman–Crippen LogP) is -0.101. The van der Waals surface area contributed by atoms with Crippen LogP contribution in [0.15, 0.2) is 0 Å². The van der Waals surface area contributed by atoms with Gasteiger partial charge in [0.1, 0.15) is 6.04 Å². The number of aliphatic carboxylic acids is 2. The molecule has 12 heavy (non-hydrogen) atoms. The van der Waals surface area contributed by atoms with Gasteiger partial charge >= 0.3 is 11.9 Å². The Morgan fingerprint density at radius 1 is 1.33 bits per heavy atom. The number of carbonyl (C=O) groups is 2. The monoisotopic (exact) mass is 175 g/mol. The van der Waals surface area contributed by atoms with E-state index in [0.29, 0.717) is 6.42 Å². The number of rotatable bonds is 5. The Balaban J connectivity index is 4.02. The highest BCUT2D eigenvalue weighted by Crippen LogP contribution is 2.10. The fourth-order valence-corrected chi connectivity index (χ4v) is 0.849. The van der Waals surface area contributed by atoms with E-state index in [-0.39, 0.29) is 6.42 Å². The van der Waals surface area contributed by atoms with Crippen LogP contribution in [0.3, 0.4) is 0 Å². The number of hydrogen-bond donors (Lipinski definition) is 3. The van der Waals surface area contributed by atoms with Gasteiger partial charge in [-0.05, 0) is 12.8 Å². The fourth-order valence-electron chi connectivity index (χ4n) is 0.849. The van der Waals surface area contributed by atoms with Crippen LogP contribution in [-0.2, 0) is 9.59 Å². The molecule has 0 amide bonds. The maximum absolute atomic E-state index is 10.4. The maximum Gasteiger partial charge on any atom is 0.320 e. The Labute approximate surface area is 70.2 Å². The molecule has 70 valence electrons. The quantitative estimate of drug-likeness (QED) is 0.541. The Hall–Kier alpha value is -1.10. The SMILES string of the molecule is CC[C@H](CC(N)C(=O)O)C(=O)O. The summed E-state index contributed by atoms with van der Waals surface area (Å²) in [6.45, 7) is 1.69. The molecule has 0 saturated carbocycles. The molecule has 0 aliphatic carbocycles. The number of carboxylic acid groups (broad SMARTS) is 2. The third kappa shape index (κ3) is 3.34. The van der Waals surface area contributed by atoms with Crippen molar-refractivity contribution >= 4 is 11.9 Å². The van der Waals surface area contributed by atoms with Crippen LogP contribution in [0.2, 0.25) is 0 Å².